The topological polar surface area (TPSA) is 0 Å². The molecule has 0 aromatic heterocycles. The fourth-order valence-corrected chi connectivity index (χ4v) is 4.25. The second-order valence-corrected chi connectivity index (χ2v) is 7.31. The molecule has 2 aliphatic carbocycles. The van der Waals surface area contributed by atoms with Crippen molar-refractivity contribution in [3.05, 3.63) is 35.4 Å². The maximum absolute atomic E-state index is 2.45. The van der Waals surface area contributed by atoms with E-state index in [1.807, 2.05) is 0 Å². The monoisotopic (exact) mass is 270 g/mol. The molecule has 0 atom stereocenters. The lowest BCUT2D eigenvalue weighted by Gasteiger charge is -2.27. The fourth-order valence-electron chi connectivity index (χ4n) is 4.25. The average molecular weight is 270 g/mol. The van der Waals surface area contributed by atoms with E-state index in [1.165, 1.54) is 64.2 Å². The molecular formula is C20H30. The summed E-state index contributed by atoms with van der Waals surface area (Å²) in [4.78, 5) is 0. The van der Waals surface area contributed by atoms with Gasteiger partial charge in [-0.3, -0.25) is 0 Å². The van der Waals surface area contributed by atoms with Crippen LogP contribution in [-0.4, -0.2) is 0 Å². The van der Waals surface area contributed by atoms with E-state index in [2.05, 4.69) is 31.2 Å². The molecule has 0 spiro atoms. The Bertz CT molecular complexity index is 387. The van der Waals surface area contributed by atoms with Gasteiger partial charge in [0.1, 0.15) is 0 Å². The fraction of sp³-hybridized carbons (Fsp3) is 0.700. The Balaban J connectivity index is 1.64. The molecule has 0 heteroatoms. The third kappa shape index (κ3) is 3.45. The Hall–Kier alpha value is -0.780. The zero-order valence-corrected chi connectivity index (χ0v) is 13.1. The summed E-state index contributed by atoms with van der Waals surface area (Å²) in [6.07, 6.45) is 14.3. The molecule has 2 saturated carbocycles. The molecule has 2 aliphatic rings. The van der Waals surface area contributed by atoms with Gasteiger partial charge in [-0.2, -0.15) is 0 Å². The van der Waals surface area contributed by atoms with Crippen LogP contribution in [0.3, 0.4) is 0 Å². The van der Waals surface area contributed by atoms with Crippen LogP contribution in [0.5, 0.6) is 0 Å². The Morgan fingerprint density at radius 2 is 1.05 bits per heavy atom. The summed E-state index contributed by atoms with van der Waals surface area (Å²) >= 11 is 0. The molecule has 0 amide bonds. The molecule has 1 aromatic rings. The maximum atomic E-state index is 2.45. The van der Waals surface area contributed by atoms with Gasteiger partial charge in [-0.05, 0) is 54.6 Å². The first kappa shape index (κ1) is 14.2. The van der Waals surface area contributed by atoms with Crippen molar-refractivity contribution in [2.24, 2.45) is 5.92 Å². The molecule has 0 unspecified atom stereocenters. The summed E-state index contributed by atoms with van der Waals surface area (Å²) in [5.41, 5.74) is 3.22. The third-order valence-electron chi connectivity index (χ3n) is 5.75. The van der Waals surface area contributed by atoms with Crippen molar-refractivity contribution in [1.82, 2.24) is 0 Å². The minimum Gasteiger partial charge on any atom is -0.0625 e. The van der Waals surface area contributed by atoms with E-state index in [4.69, 9.17) is 0 Å². The van der Waals surface area contributed by atoms with Gasteiger partial charge in [0, 0.05) is 0 Å². The predicted octanol–water partition coefficient (Wildman–Crippen LogP) is 6.42. The number of rotatable bonds is 2. The highest BCUT2D eigenvalue weighted by Gasteiger charge is 2.20. The molecule has 2 fully saturated rings. The smallest absolute Gasteiger partial charge is 0.0162 e. The molecule has 0 radical (unpaired) electrons. The van der Waals surface area contributed by atoms with Crippen molar-refractivity contribution in [2.75, 3.05) is 0 Å². The Labute approximate surface area is 125 Å². The second-order valence-electron chi connectivity index (χ2n) is 7.31. The van der Waals surface area contributed by atoms with Crippen LogP contribution in [0.25, 0.3) is 0 Å². The molecule has 0 aliphatic heterocycles. The minimum atomic E-state index is 0.842. The van der Waals surface area contributed by atoms with E-state index in [0.717, 1.165) is 17.8 Å². The lowest BCUT2D eigenvalue weighted by molar-refractivity contribution is 0.348. The summed E-state index contributed by atoms with van der Waals surface area (Å²) < 4.78 is 0. The number of benzene rings is 1. The van der Waals surface area contributed by atoms with Crippen molar-refractivity contribution < 1.29 is 0 Å². The number of hydrogen-bond donors (Lipinski definition) is 0. The molecule has 0 saturated heterocycles. The van der Waals surface area contributed by atoms with Crippen LogP contribution in [0.15, 0.2) is 24.3 Å². The van der Waals surface area contributed by atoms with E-state index < -0.39 is 0 Å². The number of hydrogen-bond acceptors (Lipinski definition) is 0. The van der Waals surface area contributed by atoms with Crippen LogP contribution in [-0.2, 0) is 0 Å². The maximum Gasteiger partial charge on any atom is -0.0162 e. The highest BCUT2D eigenvalue weighted by molar-refractivity contribution is 5.28. The van der Waals surface area contributed by atoms with Crippen molar-refractivity contribution in [3.8, 4) is 0 Å². The highest BCUT2D eigenvalue weighted by Crippen LogP contribution is 2.37. The molecule has 1 aromatic carbocycles. The summed E-state index contributed by atoms with van der Waals surface area (Å²) in [5, 5.41) is 0. The van der Waals surface area contributed by atoms with Gasteiger partial charge < -0.3 is 0 Å². The minimum absolute atomic E-state index is 0.842. The van der Waals surface area contributed by atoms with Crippen molar-refractivity contribution in [3.63, 3.8) is 0 Å². The van der Waals surface area contributed by atoms with Crippen LogP contribution in [0, 0.1) is 5.92 Å². The first-order chi connectivity index (χ1) is 9.83. The van der Waals surface area contributed by atoms with Crippen molar-refractivity contribution in [2.45, 2.75) is 83.0 Å². The largest absolute Gasteiger partial charge is 0.0625 e. The normalized spacial score (nSPS) is 29.1. The van der Waals surface area contributed by atoms with Gasteiger partial charge in [0.2, 0.25) is 0 Å². The summed E-state index contributed by atoms with van der Waals surface area (Å²) in [7, 11) is 0. The Morgan fingerprint density at radius 3 is 1.55 bits per heavy atom. The van der Waals surface area contributed by atoms with Crippen LogP contribution >= 0.6 is 0 Å². The molecule has 3 rings (SSSR count). The second kappa shape index (κ2) is 6.78. The molecule has 0 nitrogen and oxygen atoms in total. The van der Waals surface area contributed by atoms with Crippen LogP contribution in [0.4, 0.5) is 0 Å². The lowest BCUT2D eigenvalue weighted by atomic mass is 9.79. The van der Waals surface area contributed by atoms with E-state index in [9.17, 15) is 0 Å². The molecule has 0 heterocycles. The first-order valence-electron chi connectivity index (χ1n) is 8.93. The standard InChI is InChI=1S/C20H30/c1-16-8-10-18(11-9-16)20-14-12-19(13-15-20)17-6-4-2-3-5-7-17/h12-18H,2-11H2,1H3. The molecule has 20 heavy (non-hydrogen) atoms. The van der Waals surface area contributed by atoms with Crippen molar-refractivity contribution >= 4 is 0 Å². The van der Waals surface area contributed by atoms with E-state index >= 15 is 0 Å². The van der Waals surface area contributed by atoms with Gasteiger partial charge in [-0.25, -0.2) is 0 Å². The van der Waals surface area contributed by atoms with Crippen LogP contribution in [0.2, 0.25) is 0 Å². The quantitative estimate of drug-likeness (QED) is 0.544. The van der Waals surface area contributed by atoms with Gasteiger partial charge >= 0.3 is 0 Å². The SMILES string of the molecule is CC1CCC(c2ccc(C3CCCCCC3)cc2)CC1. The van der Waals surface area contributed by atoms with Gasteiger partial charge in [0.25, 0.3) is 0 Å². The Morgan fingerprint density at radius 1 is 0.600 bits per heavy atom. The summed E-state index contributed by atoms with van der Waals surface area (Å²) in [5.74, 6) is 2.64. The van der Waals surface area contributed by atoms with Gasteiger partial charge in [-0.15, -0.1) is 0 Å². The van der Waals surface area contributed by atoms with Gasteiger partial charge in [0.15, 0.2) is 0 Å². The third-order valence-corrected chi connectivity index (χ3v) is 5.75. The summed E-state index contributed by atoms with van der Waals surface area (Å²) in [6.45, 7) is 2.41. The first-order valence-corrected chi connectivity index (χ1v) is 8.93. The van der Waals surface area contributed by atoms with Crippen molar-refractivity contribution in [1.29, 1.82) is 0 Å². The van der Waals surface area contributed by atoms with Gasteiger partial charge in [0.05, 0.1) is 0 Å². The average Bonchev–Trinajstić information content (AvgIpc) is 2.77. The Kier molecular flexibility index (Phi) is 4.81. The van der Waals surface area contributed by atoms with E-state index in [-0.39, 0.29) is 0 Å². The summed E-state index contributed by atoms with van der Waals surface area (Å²) in [6, 6.07) is 9.79. The lowest BCUT2D eigenvalue weighted by Crippen LogP contribution is -2.10. The zero-order valence-electron chi connectivity index (χ0n) is 13.1. The zero-order chi connectivity index (χ0) is 13.8. The highest BCUT2D eigenvalue weighted by atomic mass is 14.3. The molecule has 0 N–H and O–H groups in total. The van der Waals surface area contributed by atoms with Crippen LogP contribution < -0.4 is 0 Å². The molecular weight excluding hydrogens is 240 g/mol. The molecule has 110 valence electrons. The van der Waals surface area contributed by atoms with E-state index in [0.29, 0.717) is 0 Å². The van der Waals surface area contributed by atoms with E-state index in [1.54, 1.807) is 11.1 Å². The van der Waals surface area contributed by atoms with Crippen LogP contribution in [0.1, 0.15) is 94.1 Å². The predicted molar refractivity (Wildman–Crippen MR) is 87.3 cm³/mol. The van der Waals surface area contributed by atoms with Gasteiger partial charge in [-0.1, -0.05) is 69.7 Å². The molecule has 0 bridgehead atoms.